The van der Waals surface area contributed by atoms with Gasteiger partial charge in [0.15, 0.2) is 0 Å². The summed E-state index contributed by atoms with van der Waals surface area (Å²) in [6.45, 7) is 4.94. The Morgan fingerprint density at radius 1 is 1.24 bits per heavy atom. The molecule has 17 heavy (non-hydrogen) atoms. The molecule has 90 valence electrons. The van der Waals surface area contributed by atoms with Gasteiger partial charge in [0.2, 0.25) is 0 Å². The molecule has 0 fully saturated rings. The van der Waals surface area contributed by atoms with Crippen LogP contribution in [0, 0.1) is 5.41 Å². The minimum absolute atomic E-state index is 0.0769. The lowest BCUT2D eigenvalue weighted by Gasteiger charge is -2.22. The van der Waals surface area contributed by atoms with Crippen molar-refractivity contribution in [1.29, 1.82) is 0 Å². The second-order valence-electron chi connectivity index (χ2n) is 4.94. The first kappa shape index (κ1) is 12.2. The summed E-state index contributed by atoms with van der Waals surface area (Å²) >= 11 is 4.33. The van der Waals surface area contributed by atoms with Crippen LogP contribution in [0.3, 0.4) is 0 Å². The van der Waals surface area contributed by atoms with Crippen molar-refractivity contribution < 1.29 is 4.74 Å². The van der Waals surface area contributed by atoms with E-state index in [4.69, 9.17) is 4.74 Å². The van der Waals surface area contributed by atoms with Gasteiger partial charge < -0.3 is 4.74 Å². The van der Waals surface area contributed by atoms with E-state index in [0.29, 0.717) is 6.61 Å². The fourth-order valence-corrected chi connectivity index (χ4v) is 1.61. The topological polar surface area (TPSA) is 22.1 Å². The van der Waals surface area contributed by atoms with Gasteiger partial charge in [-0.25, -0.2) is 0 Å². The first-order valence-corrected chi connectivity index (χ1v) is 6.33. The summed E-state index contributed by atoms with van der Waals surface area (Å²) in [5.74, 6) is 1.70. The van der Waals surface area contributed by atoms with E-state index in [9.17, 15) is 0 Å². The number of hydrogen-bond donors (Lipinski definition) is 1. The Labute approximate surface area is 107 Å². The maximum atomic E-state index is 5.89. The highest BCUT2D eigenvalue weighted by Crippen LogP contribution is 2.26. The molecular weight excluding hydrogens is 230 g/mol. The summed E-state index contributed by atoms with van der Waals surface area (Å²) in [5.41, 5.74) is 1.04. The number of pyridine rings is 1. The van der Waals surface area contributed by atoms with Crippen LogP contribution in [0.25, 0.3) is 10.9 Å². The molecule has 1 aromatic carbocycles. The molecule has 0 unspecified atom stereocenters. The van der Waals surface area contributed by atoms with Crippen molar-refractivity contribution in [1.82, 2.24) is 4.98 Å². The van der Waals surface area contributed by atoms with Crippen LogP contribution in [0.2, 0.25) is 0 Å². The van der Waals surface area contributed by atoms with Crippen molar-refractivity contribution in [3.63, 3.8) is 0 Å². The van der Waals surface area contributed by atoms with Gasteiger partial charge in [-0.3, -0.25) is 4.98 Å². The minimum atomic E-state index is 0.0769. The number of hydrogen-bond acceptors (Lipinski definition) is 3. The van der Waals surface area contributed by atoms with E-state index in [1.165, 1.54) is 0 Å². The van der Waals surface area contributed by atoms with Gasteiger partial charge >= 0.3 is 0 Å². The molecule has 0 spiro atoms. The number of aromatic nitrogens is 1. The predicted octanol–water partition coefficient (Wildman–Crippen LogP) is 3.57. The molecule has 0 radical (unpaired) electrons. The summed E-state index contributed by atoms with van der Waals surface area (Å²) in [7, 11) is 0. The summed E-state index contributed by atoms with van der Waals surface area (Å²) < 4.78 is 5.89. The molecule has 2 nitrogen and oxygen atoms in total. The summed E-state index contributed by atoms with van der Waals surface area (Å²) in [4.78, 5) is 4.31. The highest BCUT2D eigenvalue weighted by atomic mass is 32.1. The maximum absolute atomic E-state index is 5.89. The fourth-order valence-electron chi connectivity index (χ4n) is 1.52. The molecule has 2 aromatic rings. The SMILES string of the molecule is CC(C)(CS)COc1cccc2ncccc12. The number of nitrogens with zero attached hydrogens (tertiary/aromatic N) is 1. The van der Waals surface area contributed by atoms with E-state index >= 15 is 0 Å². The quantitative estimate of drug-likeness (QED) is 0.834. The Kier molecular flexibility index (Phi) is 3.57. The van der Waals surface area contributed by atoms with E-state index in [1.807, 2.05) is 30.3 Å². The number of ether oxygens (including phenoxy) is 1. The number of benzene rings is 1. The minimum Gasteiger partial charge on any atom is -0.492 e. The molecule has 3 heteroatoms. The van der Waals surface area contributed by atoms with Crippen LogP contribution in [-0.2, 0) is 0 Å². The van der Waals surface area contributed by atoms with Crippen molar-refractivity contribution in [3.8, 4) is 5.75 Å². The first-order chi connectivity index (χ1) is 8.12. The largest absolute Gasteiger partial charge is 0.492 e. The normalized spacial score (nSPS) is 11.7. The first-order valence-electron chi connectivity index (χ1n) is 5.70. The molecule has 0 N–H and O–H groups in total. The molecule has 0 bridgehead atoms. The van der Waals surface area contributed by atoms with E-state index in [-0.39, 0.29) is 5.41 Å². The van der Waals surface area contributed by atoms with Crippen molar-refractivity contribution in [2.24, 2.45) is 5.41 Å². The zero-order chi connectivity index (χ0) is 12.3. The van der Waals surface area contributed by atoms with Gasteiger partial charge in [-0.1, -0.05) is 19.9 Å². The van der Waals surface area contributed by atoms with Crippen molar-refractivity contribution in [3.05, 3.63) is 36.5 Å². The van der Waals surface area contributed by atoms with Crippen LogP contribution in [-0.4, -0.2) is 17.3 Å². The molecule has 1 heterocycles. The second-order valence-corrected chi connectivity index (χ2v) is 5.25. The van der Waals surface area contributed by atoms with Crippen LogP contribution in [0.4, 0.5) is 0 Å². The second kappa shape index (κ2) is 4.96. The van der Waals surface area contributed by atoms with E-state index < -0.39 is 0 Å². The number of rotatable bonds is 4. The molecular formula is C14H17NOS. The highest BCUT2D eigenvalue weighted by Gasteiger charge is 2.17. The Bertz CT molecular complexity index is 505. The van der Waals surface area contributed by atoms with Gasteiger partial charge in [0.1, 0.15) is 5.75 Å². The van der Waals surface area contributed by atoms with Gasteiger partial charge in [0.05, 0.1) is 12.1 Å². The molecule has 0 aliphatic carbocycles. The van der Waals surface area contributed by atoms with E-state index in [0.717, 1.165) is 22.4 Å². The molecule has 2 rings (SSSR count). The van der Waals surface area contributed by atoms with Gasteiger partial charge in [-0.2, -0.15) is 12.6 Å². The van der Waals surface area contributed by atoms with Crippen LogP contribution in [0.15, 0.2) is 36.5 Å². The fraction of sp³-hybridized carbons (Fsp3) is 0.357. The number of thiol groups is 1. The Morgan fingerprint density at radius 2 is 2.06 bits per heavy atom. The zero-order valence-electron chi connectivity index (χ0n) is 10.2. The Balaban J connectivity index is 2.24. The monoisotopic (exact) mass is 247 g/mol. The van der Waals surface area contributed by atoms with Crippen LogP contribution in [0.1, 0.15) is 13.8 Å². The van der Waals surface area contributed by atoms with Crippen molar-refractivity contribution >= 4 is 23.5 Å². The third-order valence-electron chi connectivity index (χ3n) is 2.65. The van der Waals surface area contributed by atoms with Crippen molar-refractivity contribution in [2.75, 3.05) is 12.4 Å². The predicted molar refractivity (Wildman–Crippen MR) is 74.9 cm³/mol. The van der Waals surface area contributed by atoms with Crippen LogP contribution >= 0.6 is 12.6 Å². The summed E-state index contributed by atoms with van der Waals surface area (Å²) in [5, 5.41) is 1.06. The Morgan fingerprint density at radius 3 is 2.82 bits per heavy atom. The molecule has 0 atom stereocenters. The zero-order valence-corrected chi connectivity index (χ0v) is 11.1. The van der Waals surface area contributed by atoms with Crippen LogP contribution in [0.5, 0.6) is 5.75 Å². The van der Waals surface area contributed by atoms with Gasteiger partial charge in [0.25, 0.3) is 0 Å². The molecule has 0 aliphatic rings. The molecule has 0 saturated carbocycles. The van der Waals surface area contributed by atoms with Gasteiger partial charge in [0, 0.05) is 17.0 Å². The van der Waals surface area contributed by atoms with E-state index in [1.54, 1.807) is 6.20 Å². The van der Waals surface area contributed by atoms with Gasteiger partial charge in [-0.05, 0) is 30.0 Å². The smallest absolute Gasteiger partial charge is 0.128 e. The molecule has 0 amide bonds. The van der Waals surface area contributed by atoms with Crippen molar-refractivity contribution in [2.45, 2.75) is 13.8 Å². The standard InChI is InChI=1S/C14H17NOS/c1-14(2,10-17)9-16-13-7-3-6-12-11(13)5-4-8-15-12/h3-8,17H,9-10H2,1-2H3. The molecule has 1 aromatic heterocycles. The molecule has 0 saturated heterocycles. The maximum Gasteiger partial charge on any atom is 0.128 e. The van der Waals surface area contributed by atoms with E-state index in [2.05, 4.69) is 31.5 Å². The number of fused-ring (bicyclic) bond motifs is 1. The lowest BCUT2D eigenvalue weighted by molar-refractivity contribution is 0.204. The summed E-state index contributed by atoms with van der Waals surface area (Å²) in [6.07, 6.45) is 1.80. The Hall–Kier alpha value is -1.22. The summed E-state index contributed by atoms with van der Waals surface area (Å²) in [6, 6.07) is 9.91. The lowest BCUT2D eigenvalue weighted by Crippen LogP contribution is -2.23. The lowest BCUT2D eigenvalue weighted by atomic mass is 9.98. The third-order valence-corrected chi connectivity index (χ3v) is 3.51. The molecule has 0 aliphatic heterocycles. The van der Waals surface area contributed by atoms with Gasteiger partial charge in [-0.15, -0.1) is 0 Å². The van der Waals surface area contributed by atoms with Crippen LogP contribution < -0.4 is 4.74 Å². The average molecular weight is 247 g/mol. The average Bonchev–Trinajstić information content (AvgIpc) is 2.36. The highest BCUT2D eigenvalue weighted by molar-refractivity contribution is 7.80. The third kappa shape index (κ3) is 2.91.